The van der Waals surface area contributed by atoms with Gasteiger partial charge in [0.2, 0.25) is 0 Å². The first kappa shape index (κ1) is 8.36. The molecule has 0 amide bonds. The van der Waals surface area contributed by atoms with Crippen molar-refractivity contribution >= 4 is 0 Å². The van der Waals surface area contributed by atoms with Gasteiger partial charge in [-0.15, -0.1) is 0 Å². The summed E-state index contributed by atoms with van der Waals surface area (Å²) in [7, 11) is 0. The van der Waals surface area contributed by atoms with Crippen molar-refractivity contribution in [2.24, 2.45) is 5.73 Å². The fourth-order valence-corrected chi connectivity index (χ4v) is 2.08. The van der Waals surface area contributed by atoms with Crippen molar-refractivity contribution in [2.75, 3.05) is 0 Å². The fraction of sp³-hybridized carbons (Fsp3) is 0.0769. The predicted octanol–water partition coefficient (Wildman–Crippen LogP) is 1.98. The maximum Gasteiger partial charge on any atom is 0.0774 e. The number of nitrogens with zero attached hydrogens (tertiary/aromatic N) is 1. The van der Waals surface area contributed by atoms with E-state index in [1.165, 1.54) is 11.3 Å². The van der Waals surface area contributed by atoms with Gasteiger partial charge in [-0.05, 0) is 36.0 Å². The quantitative estimate of drug-likeness (QED) is 0.642. The topological polar surface area (TPSA) is 29.3 Å². The third-order valence-electron chi connectivity index (χ3n) is 2.81. The zero-order valence-electron chi connectivity index (χ0n) is 8.30. The van der Waals surface area contributed by atoms with E-state index in [1.807, 2.05) is 12.2 Å². The Kier molecular flexibility index (Phi) is 1.68. The minimum Gasteiger partial charge on any atom is -0.399 e. The summed E-state index contributed by atoms with van der Waals surface area (Å²) in [5.41, 5.74) is 9.07. The molecule has 0 bridgehead atoms. The van der Waals surface area contributed by atoms with Crippen LogP contribution in [0.1, 0.15) is 0 Å². The van der Waals surface area contributed by atoms with E-state index in [-0.39, 0.29) is 0 Å². The first-order valence-electron chi connectivity index (χ1n) is 5.05. The molecule has 0 saturated carbocycles. The van der Waals surface area contributed by atoms with Crippen LogP contribution in [0.25, 0.3) is 0 Å². The highest BCUT2D eigenvalue weighted by Gasteiger charge is 2.23. The highest BCUT2D eigenvalue weighted by atomic mass is 15.2. The maximum absolute atomic E-state index is 5.77. The van der Waals surface area contributed by atoms with Crippen LogP contribution in [0.5, 0.6) is 0 Å². The Morgan fingerprint density at radius 2 is 2.07 bits per heavy atom. The lowest BCUT2D eigenvalue weighted by Gasteiger charge is -2.35. The van der Waals surface area contributed by atoms with Gasteiger partial charge in [0.25, 0.3) is 0 Å². The second-order valence-corrected chi connectivity index (χ2v) is 3.81. The van der Waals surface area contributed by atoms with Crippen LogP contribution in [0, 0.1) is 0 Å². The minimum atomic E-state index is 0.304. The van der Waals surface area contributed by atoms with E-state index in [2.05, 4.69) is 47.6 Å². The fourth-order valence-electron chi connectivity index (χ4n) is 2.08. The van der Waals surface area contributed by atoms with Gasteiger partial charge in [0.15, 0.2) is 0 Å². The predicted molar refractivity (Wildman–Crippen MR) is 61.5 cm³/mol. The van der Waals surface area contributed by atoms with Gasteiger partial charge in [-0.25, -0.2) is 0 Å². The van der Waals surface area contributed by atoms with Crippen molar-refractivity contribution in [3.8, 4) is 0 Å². The molecule has 0 radical (unpaired) electrons. The molecule has 0 saturated heterocycles. The number of fused-ring (bicyclic) bond motifs is 3. The van der Waals surface area contributed by atoms with Crippen molar-refractivity contribution in [2.45, 2.75) is 6.04 Å². The van der Waals surface area contributed by atoms with Gasteiger partial charge in [0, 0.05) is 17.6 Å². The normalized spacial score (nSPS) is 26.5. The van der Waals surface area contributed by atoms with Crippen molar-refractivity contribution in [1.82, 2.24) is 4.90 Å². The van der Waals surface area contributed by atoms with Crippen LogP contribution in [-0.2, 0) is 0 Å². The Morgan fingerprint density at radius 3 is 3.00 bits per heavy atom. The highest BCUT2D eigenvalue weighted by molar-refractivity contribution is 5.49. The summed E-state index contributed by atoms with van der Waals surface area (Å²) >= 11 is 0. The molecule has 0 aromatic rings. The van der Waals surface area contributed by atoms with Gasteiger partial charge < -0.3 is 10.6 Å². The molecule has 0 spiro atoms. The lowest BCUT2D eigenvalue weighted by Crippen LogP contribution is -2.33. The van der Waals surface area contributed by atoms with E-state index in [9.17, 15) is 0 Å². The zero-order chi connectivity index (χ0) is 10.3. The summed E-state index contributed by atoms with van der Waals surface area (Å²) in [6, 6.07) is 0.304. The monoisotopic (exact) mass is 196 g/mol. The van der Waals surface area contributed by atoms with E-state index in [0.717, 1.165) is 5.70 Å². The molecule has 1 aliphatic carbocycles. The lowest BCUT2D eigenvalue weighted by atomic mass is 9.94. The van der Waals surface area contributed by atoms with Gasteiger partial charge in [-0.2, -0.15) is 0 Å². The summed E-state index contributed by atoms with van der Waals surface area (Å²) in [5.74, 6) is 0. The molecule has 2 heteroatoms. The number of rotatable bonds is 0. The molecular formula is C13H12N2. The van der Waals surface area contributed by atoms with E-state index >= 15 is 0 Å². The molecule has 2 nitrogen and oxygen atoms in total. The van der Waals surface area contributed by atoms with Crippen LogP contribution in [0.15, 0.2) is 71.8 Å². The first-order valence-corrected chi connectivity index (χ1v) is 5.05. The Bertz CT molecular complexity index is 473. The molecule has 0 aromatic carbocycles. The van der Waals surface area contributed by atoms with Gasteiger partial charge in [0.05, 0.1) is 6.04 Å². The number of allylic oxidation sites excluding steroid dienone is 6. The van der Waals surface area contributed by atoms with Crippen LogP contribution >= 0.6 is 0 Å². The Morgan fingerprint density at radius 1 is 1.13 bits per heavy atom. The molecule has 0 aromatic heterocycles. The van der Waals surface area contributed by atoms with Gasteiger partial charge in [-0.1, -0.05) is 18.2 Å². The molecule has 2 N–H and O–H groups in total. The molecular weight excluding hydrogens is 184 g/mol. The van der Waals surface area contributed by atoms with E-state index in [0.29, 0.717) is 6.04 Å². The number of nitrogens with two attached hydrogens (primary N) is 1. The first-order chi connectivity index (χ1) is 7.34. The smallest absolute Gasteiger partial charge is 0.0774 e. The SMILES string of the molecule is NC1=CC2=CC=C3C=CC=CN3C2C=C1. The van der Waals surface area contributed by atoms with Crippen LogP contribution < -0.4 is 5.73 Å². The third-order valence-corrected chi connectivity index (χ3v) is 2.81. The number of hydrogen-bond acceptors (Lipinski definition) is 2. The summed E-state index contributed by atoms with van der Waals surface area (Å²) in [6.07, 6.45) is 18.7. The zero-order valence-corrected chi connectivity index (χ0v) is 8.30. The molecule has 3 aliphatic rings. The van der Waals surface area contributed by atoms with Gasteiger partial charge >= 0.3 is 0 Å². The van der Waals surface area contributed by atoms with E-state index in [1.54, 1.807) is 0 Å². The van der Waals surface area contributed by atoms with Crippen LogP contribution in [0.4, 0.5) is 0 Å². The Hall–Kier alpha value is -1.96. The minimum absolute atomic E-state index is 0.304. The lowest BCUT2D eigenvalue weighted by molar-refractivity contribution is 0.438. The van der Waals surface area contributed by atoms with Crippen molar-refractivity contribution in [3.63, 3.8) is 0 Å². The largest absolute Gasteiger partial charge is 0.399 e. The second-order valence-electron chi connectivity index (χ2n) is 3.81. The number of hydrogen-bond donors (Lipinski definition) is 1. The average Bonchev–Trinajstić information content (AvgIpc) is 2.28. The molecule has 3 rings (SSSR count). The summed E-state index contributed by atoms with van der Waals surface area (Å²) in [4.78, 5) is 2.24. The van der Waals surface area contributed by atoms with Crippen molar-refractivity contribution in [1.29, 1.82) is 0 Å². The molecule has 74 valence electrons. The third kappa shape index (κ3) is 1.26. The van der Waals surface area contributed by atoms with E-state index < -0.39 is 0 Å². The molecule has 15 heavy (non-hydrogen) atoms. The molecule has 2 aliphatic heterocycles. The van der Waals surface area contributed by atoms with Crippen LogP contribution in [0.2, 0.25) is 0 Å². The van der Waals surface area contributed by atoms with Crippen molar-refractivity contribution < 1.29 is 0 Å². The maximum atomic E-state index is 5.77. The van der Waals surface area contributed by atoms with Crippen LogP contribution in [0.3, 0.4) is 0 Å². The molecule has 1 atom stereocenters. The summed E-state index contributed by atoms with van der Waals surface area (Å²) in [5, 5.41) is 0. The second kappa shape index (κ2) is 3.02. The summed E-state index contributed by atoms with van der Waals surface area (Å²) < 4.78 is 0. The van der Waals surface area contributed by atoms with Crippen molar-refractivity contribution in [3.05, 3.63) is 71.8 Å². The molecule has 0 fully saturated rings. The Labute approximate surface area is 89.1 Å². The van der Waals surface area contributed by atoms with Crippen LogP contribution in [-0.4, -0.2) is 10.9 Å². The average molecular weight is 196 g/mol. The van der Waals surface area contributed by atoms with Gasteiger partial charge in [-0.3, -0.25) is 0 Å². The van der Waals surface area contributed by atoms with E-state index in [4.69, 9.17) is 5.73 Å². The Balaban J connectivity index is 2.07. The molecule has 1 unspecified atom stereocenters. The van der Waals surface area contributed by atoms with Gasteiger partial charge in [0.1, 0.15) is 0 Å². The highest BCUT2D eigenvalue weighted by Crippen LogP contribution is 2.29. The molecule has 2 heterocycles. The summed E-state index contributed by atoms with van der Waals surface area (Å²) in [6.45, 7) is 0. The standard InChI is InChI=1S/C13H12N2/c14-11-5-7-13-10(9-11)4-6-12-3-1-2-8-15(12)13/h1-9,13H,14H2.